The van der Waals surface area contributed by atoms with Crippen LogP contribution in [-0.4, -0.2) is 96.7 Å². The number of pyridine rings is 1. The number of carbonyl (C=O) groups excluding carboxylic acids is 1. The molecule has 7 rings (SSSR count). The summed E-state index contributed by atoms with van der Waals surface area (Å²) in [5, 5.41) is 9.23. The first-order chi connectivity index (χ1) is 26.0. The summed E-state index contributed by atoms with van der Waals surface area (Å²) >= 11 is 0. The number of piperazine rings is 1. The largest absolute Gasteiger partial charge is 0.493 e. The number of aromatic amines is 1. The van der Waals surface area contributed by atoms with Gasteiger partial charge < -0.3 is 34.9 Å². The number of ether oxygens (including phenoxy) is 3. The van der Waals surface area contributed by atoms with E-state index in [1.807, 2.05) is 42.2 Å². The van der Waals surface area contributed by atoms with Crippen molar-refractivity contribution < 1.29 is 33.3 Å². The van der Waals surface area contributed by atoms with Crippen LogP contribution in [0.1, 0.15) is 32.6 Å². The zero-order valence-corrected chi connectivity index (χ0v) is 30.0. The maximum atomic E-state index is 15.3. The van der Waals surface area contributed by atoms with Gasteiger partial charge in [-0.15, -0.1) is 0 Å². The van der Waals surface area contributed by atoms with Gasteiger partial charge in [-0.3, -0.25) is 19.4 Å². The summed E-state index contributed by atoms with van der Waals surface area (Å²) in [5.74, 6) is -0.580. The minimum Gasteiger partial charge on any atom is -0.493 e. The molecule has 0 spiro atoms. The first-order valence-corrected chi connectivity index (χ1v) is 17.0. The molecular formula is C38H37FN8O7. The van der Waals surface area contributed by atoms with Crippen LogP contribution in [0, 0.1) is 12.7 Å². The molecule has 0 radical (unpaired) electrons. The van der Waals surface area contributed by atoms with Crippen LogP contribution in [0.2, 0.25) is 0 Å². The fourth-order valence-corrected chi connectivity index (χ4v) is 6.79. The van der Waals surface area contributed by atoms with Crippen molar-refractivity contribution in [1.29, 1.82) is 0 Å². The highest BCUT2D eigenvalue weighted by atomic mass is 19.1. The topological polar surface area (TPSA) is 189 Å². The molecule has 0 bridgehead atoms. The molecule has 16 heteroatoms. The lowest BCUT2D eigenvalue weighted by Gasteiger charge is -2.37. The van der Waals surface area contributed by atoms with Crippen LogP contribution >= 0.6 is 0 Å². The first-order valence-electron chi connectivity index (χ1n) is 17.0. The SMILES string of the molecule is COc1cc(Cc2cnc(/N=C3/C(=O)N(CN4CCN(c5cc6[nH]cc(C(=O)O)c(=O)c6cc5F)CC4)c4ccc(C)cc43)nc2N)cc(OC)c1OC. The number of nitrogen functional groups attached to an aromatic ring is 1. The molecule has 0 aliphatic carbocycles. The van der Waals surface area contributed by atoms with Gasteiger partial charge in [0.25, 0.3) is 11.9 Å². The monoisotopic (exact) mass is 736 g/mol. The Morgan fingerprint density at radius 3 is 2.37 bits per heavy atom. The van der Waals surface area contributed by atoms with Gasteiger partial charge in [0.05, 0.1) is 44.9 Å². The highest BCUT2D eigenvalue weighted by Crippen LogP contribution is 2.39. The van der Waals surface area contributed by atoms with Crippen LogP contribution < -0.4 is 35.2 Å². The van der Waals surface area contributed by atoms with E-state index in [9.17, 15) is 19.5 Å². The van der Waals surface area contributed by atoms with Crippen molar-refractivity contribution in [3.63, 3.8) is 0 Å². The van der Waals surface area contributed by atoms with Crippen LogP contribution in [-0.2, 0) is 11.2 Å². The number of aryl methyl sites for hydroxylation is 1. The molecule has 54 heavy (non-hydrogen) atoms. The fraction of sp³-hybridized carbons (Fsp3) is 0.263. The average molecular weight is 737 g/mol. The summed E-state index contributed by atoms with van der Waals surface area (Å²) in [7, 11) is 4.62. The number of hydrogen-bond acceptors (Lipinski definition) is 12. The Morgan fingerprint density at radius 2 is 1.72 bits per heavy atom. The molecule has 278 valence electrons. The van der Waals surface area contributed by atoms with Gasteiger partial charge in [-0.2, -0.15) is 4.98 Å². The molecule has 2 aliphatic rings. The molecular weight excluding hydrogens is 699 g/mol. The van der Waals surface area contributed by atoms with Gasteiger partial charge in [0.1, 0.15) is 22.9 Å². The second kappa shape index (κ2) is 14.5. The number of amides is 1. The number of carbonyl (C=O) groups is 2. The smallest absolute Gasteiger partial charge is 0.341 e. The van der Waals surface area contributed by atoms with Crippen molar-refractivity contribution in [2.45, 2.75) is 13.3 Å². The molecule has 4 N–H and O–H groups in total. The number of anilines is 3. The third kappa shape index (κ3) is 6.62. The summed E-state index contributed by atoms with van der Waals surface area (Å²) in [5.41, 5.74) is 9.78. The quantitative estimate of drug-likeness (QED) is 0.188. The fourth-order valence-electron chi connectivity index (χ4n) is 6.79. The molecule has 2 aliphatic heterocycles. The molecule has 1 fully saturated rings. The van der Waals surface area contributed by atoms with Gasteiger partial charge in [-0.05, 0) is 48.9 Å². The predicted molar refractivity (Wildman–Crippen MR) is 200 cm³/mol. The molecule has 3 aromatic carbocycles. The Kier molecular flexibility index (Phi) is 9.60. The van der Waals surface area contributed by atoms with Gasteiger partial charge >= 0.3 is 5.97 Å². The molecule has 0 saturated carbocycles. The van der Waals surface area contributed by atoms with E-state index in [0.717, 1.165) is 23.4 Å². The van der Waals surface area contributed by atoms with E-state index in [1.54, 1.807) is 25.3 Å². The molecule has 5 aromatic rings. The van der Waals surface area contributed by atoms with Crippen LogP contribution in [0.25, 0.3) is 10.9 Å². The standard InChI is InChI=1S/C38H37FN8O7/c1-20-5-6-28-24(11-20)32(43-38-42-17-22(35(40)44-38)12-21-13-30(52-2)34(54-4)31(14-21)53-3)36(49)47(28)19-45-7-9-46(10-8-45)29-16-27-23(15-26(29)39)33(48)25(18-41-27)37(50)51/h5-6,11,13-18H,7-10,12,19H2,1-4H3,(H,41,48)(H,50,51)(H2,40,42,44)/b43-32+. The maximum Gasteiger partial charge on any atom is 0.341 e. The van der Waals surface area contributed by atoms with Crippen molar-refractivity contribution in [3.05, 3.63) is 98.7 Å². The number of halogens is 1. The van der Waals surface area contributed by atoms with Gasteiger partial charge in [0, 0.05) is 61.5 Å². The zero-order chi connectivity index (χ0) is 38.3. The van der Waals surface area contributed by atoms with Crippen LogP contribution in [0.15, 0.2) is 64.6 Å². The number of nitrogens with zero attached hydrogens (tertiary/aromatic N) is 6. The molecule has 4 heterocycles. The van der Waals surface area contributed by atoms with Crippen LogP contribution in [0.5, 0.6) is 17.2 Å². The molecule has 15 nitrogen and oxygen atoms in total. The number of methoxy groups -OCH3 is 3. The lowest BCUT2D eigenvalue weighted by atomic mass is 10.1. The number of carboxylic acids is 1. The van der Waals surface area contributed by atoms with E-state index >= 15 is 4.39 Å². The number of aromatic nitrogens is 3. The first kappa shape index (κ1) is 35.8. The van der Waals surface area contributed by atoms with Crippen molar-refractivity contribution in [3.8, 4) is 17.2 Å². The van der Waals surface area contributed by atoms with Crippen molar-refractivity contribution in [2.24, 2.45) is 4.99 Å². The normalized spacial score (nSPS) is 15.2. The Bertz CT molecular complexity index is 2380. The summed E-state index contributed by atoms with van der Waals surface area (Å²) in [6.45, 7) is 4.11. The Morgan fingerprint density at radius 1 is 1.00 bits per heavy atom. The number of hydrogen-bond donors (Lipinski definition) is 3. The number of nitrogens with one attached hydrogen (secondary N) is 1. The van der Waals surface area contributed by atoms with E-state index < -0.39 is 22.8 Å². The molecule has 0 unspecified atom stereocenters. The molecule has 2 aromatic heterocycles. The predicted octanol–water partition coefficient (Wildman–Crippen LogP) is 3.91. The second-order valence-corrected chi connectivity index (χ2v) is 12.9. The van der Waals surface area contributed by atoms with E-state index in [-0.39, 0.29) is 35.4 Å². The van der Waals surface area contributed by atoms with Gasteiger partial charge in [0.2, 0.25) is 11.2 Å². The summed E-state index contributed by atoms with van der Waals surface area (Å²) in [6.07, 6.45) is 3.08. The van der Waals surface area contributed by atoms with Crippen molar-refractivity contribution in [1.82, 2.24) is 19.9 Å². The van der Waals surface area contributed by atoms with E-state index in [4.69, 9.17) is 19.9 Å². The average Bonchev–Trinajstić information content (AvgIpc) is 3.40. The van der Waals surface area contributed by atoms with Gasteiger partial charge in [0.15, 0.2) is 11.5 Å². The number of rotatable bonds is 10. The minimum absolute atomic E-state index is 0.0339. The number of aliphatic imine (C=N–C) groups is 1. The lowest BCUT2D eigenvalue weighted by molar-refractivity contribution is -0.112. The van der Waals surface area contributed by atoms with Crippen molar-refractivity contribution in [2.75, 3.05) is 69.7 Å². The Balaban J connectivity index is 1.08. The molecule has 0 atom stereocenters. The van der Waals surface area contributed by atoms with E-state index in [0.29, 0.717) is 77.9 Å². The third-order valence-corrected chi connectivity index (χ3v) is 9.59. The van der Waals surface area contributed by atoms with Gasteiger partial charge in [-0.1, -0.05) is 11.6 Å². The summed E-state index contributed by atoms with van der Waals surface area (Å²) < 4.78 is 31.7. The number of aromatic carboxylic acids is 1. The number of nitrogens with two attached hydrogens (primary N) is 1. The van der Waals surface area contributed by atoms with Crippen LogP contribution in [0.4, 0.5) is 27.5 Å². The van der Waals surface area contributed by atoms with Crippen LogP contribution in [0.3, 0.4) is 0 Å². The number of benzene rings is 3. The molecule has 1 saturated heterocycles. The molecule has 1 amide bonds. The zero-order valence-electron chi connectivity index (χ0n) is 30.0. The van der Waals surface area contributed by atoms with E-state index in [1.165, 1.54) is 13.2 Å². The summed E-state index contributed by atoms with van der Waals surface area (Å²) in [4.78, 5) is 59.8. The third-order valence-electron chi connectivity index (χ3n) is 9.59. The number of H-pyrrole nitrogens is 1. The highest BCUT2D eigenvalue weighted by Gasteiger charge is 2.36. The Labute approximate surface area is 308 Å². The maximum absolute atomic E-state index is 15.3. The highest BCUT2D eigenvalue weighted by molar-refractivity contribution is 6.54. The van der Waals surface area contributed by atoms with Gasteiger partial charge in [-0.25, -0.2) is 19.2 Å². The Hall–Kier alpha value is -6.55. The second-order valence-electron chi connectivity index (χ2n) is 12.9. The minimum atomic E-state index is -1.39. The van der Waals surface area contributed by atoms with E-state index in [2.05, 4.69) is 24.8 Å². The van der Waals surface area contributed by atoms with Crippen molar-refractivity contribution >= 4 is 51.6 Å². The lowest BCUT2D eigenvalue weighted by Crippen LogP contribution is -2.51. The summed E-state index contributed by atoms with van der Waals surface area (Å²) in [6, 6.07) is 12.0. The number of fused-ring (bicyclic) bond motifs is 2. The number of carboxylic acid groups (broad SMARTS) is 1.